The molecule has 0 N–H and O–H groups in total. The highest BCUT2D eigenvalue weighted by molar-refractivity contribution is 5.98. The standard InChI is InChI=1S/C24H23F2NO4/c25-19-3-1-15(11-20(19)26)17-13-18(17)24(29)27-7-5-14(6-8-27)23(28)16-2-4-21-22(12-16)31-10-9-30-21/h1-4,11-12,14,17-18H,5-10,13H2. The predicted octanol–water partition coefficient (Wildman–Crippen LogP) is 3.96. The minimum atomic E-state index is -0.880. The molecule has 0 bridgehead atoms. The molecule has 2 aromatic rings. The zero-order valence-corrected chi connectivity index (χ0v) is 17.0. The Balaban J connectivity index is 1.17. The van der Waals surface area contributed by atoms with Crippen LogP contribution in [0.3, 0.4) is 0 Å². The van der Waals surface area contributed by atoms with Crippen LogP contribution in [-0.4, -0.2) is 42.9 Å². The van der Waals surface area contributed by atoms with E-state index < -0.39 is 11.6 Å². The lowest BCUT2D eigenvalue weighted by atomic mass is 9.88. The maximum atomic E-state index is 13.5. The number of hydrogen-bond acceptors (Lipinski definition) is 4. The van der Waals surface area contributed by atoms with Crippen LogP contribution in [0.1, 0.15) is 41.1 Å². The van der Waals surface area contributed by atoms with E-state index in [1.165, 1.54) is 6.07 Å². The number of amides is 1. The molecule has 1 aliphatic carbocycles. The second-order valence-electron chi connectivity index (χ2n) is 8.44. The lowest BCUT2D eigenvalue weighted by molar-refractivity contribution is -0.133. The van der Waals surface area contributed by atoms with E-state index >= 15 is 0 Å². The minimum absolute atomic E-state index is 0.0416. The van der Waals surface area contributed by atoms with Gasteiger partial charge >= 0.3 is 0 Å². The molecule has 2 aromatic carbocycles. The van der Waals surface area contributed by atoms with Crippen LogP contribution in [0.2, 0.25) is 0 Å². The van der Waals surface area contributed by atoms with Gasteiger partial charge in [-0.1, -0.05) is 6.07 Å². The maximum absolute atomic E-state index is 13.5. The molecule has 1 amide bonds. The molecule has 1 saturated carbocycles. The highest BCUT2D eigenvalue weighted by Crippen LogP contribution is 2.49. The van der Waals surface area contributed by atoms with Gasteiger partial charge in [-0.15, -0.1) is 0 Å². The van der Waals surface area contributed by atoms with Crippen molar-refractivity contribution in [3.8, 4) is 11.5 Å². The quantitative estimate of drug-likeness (QED) is 0.693. The molecule has 2 aliphatic heterocycles. The van der Waals surface area contributed by atoms with Crippen LogP contribution >= 0.6 is 0 Å². The molecule has 5 rings (SSSR count). The molecule has 0 radical (unpaired) electrons. The van der Waals surface area contributed by atoms with E-state index in [9.17, 15) is 18.4 Å². The number of piperidine rings is 1. The van der Waals surface area contributed by atoms with Crippen molar-refractivity contribution in [2.75, 3.05) is 26.3 Å². The van der Waals surface area contributed by atoms with Gasteiger partial charge in [0.25, 0.3) is 0 Å². The Morgan fingerprint density at radius 2 is 1.65 bits per heavy atom. The zero-order chi connectivity index (χ0) is 21.5. The first-order valence-electron chi connectivity index (χ1n) is 10.7. The number of benzene rings is 2. The number of Topliss-reactive ketones (excluding diaryl/α,β-unsaturated/α-hetero) is 1. The van der Waals surface area contributed by atoms with Crippen molar-refractivity contribution in [1.82, 2.24) is 4.90 Å². The number of ketones is 1. The minimum Gasteiger partial charge on any atom is -0.486 e. The summed E-state index contributed by atoms with van der Waals surface area (Å²) in [5, 5.41) is 0. The largest absolute Gasteiger partial charge is 0.486 e. The molecule has 1 saturated heterocycles. The fourth-order valence-electron chi connectivity index (χ4n) is 4.61. The molecule has 31 heavy (non-hydrogen) atoms. The summed E-state index contributed by atoms with van der Waals surface area (Å²) in [6, 6.07) is 9.13. The van der Waals surface area contributed by atoms with Crippen molar-refractivity contribution >= 4 is 11.7 Å². The fraction of sp³-hybridized carbons (Fsp3) is 0.417. The molecule has 2 heterocycles. The van der Waals surface area contributed by atoms with Gasteiger partial charge in [0.2, 0.25) is 5.91 Å². The van der Waals surface area contributed by atoms with E-state index in [0.29, 0.717) is 68.2 Å². The third-order valence-electron chi connectivity index (χ3n) is 6.48. The van der Waals surface area contributed by atoms with E-state index in [1.54, 1.807) is 29.2 Å². The van der Waals surface area contributed by atoms with Gasteiger partial charge in [0.05, 0.1) is 0 Å². The van der Waals surface area contributed by atoms with Crippen LogP contribution in [0, 0.1) is 23.5 Å². The van der Waals surface area contributed by atoms with Crippen molar-refractivity contribution in [2.24, 2.45) is 11.8 Å². The number of halogens is 2. The summed E-state index contributed by atoms with van der Waals surface area (Å²) in [6.45, 7) is 2.03. The Morgan fingerprint density at radius 1 is 0.903 bits per heavy atom. The summed E-state index contributed by atoms with van der Waals surface area (Å²) in [4.78, 5) is 27.6. The molecule has 3 aliphatic rings. The summed E-state index contributed by atoms with van der Waals surface area (Å²) in [7, 11) is 0. The van der Waals surface area contributed by atoms with Gasteiger partial charge < -0.3 is 14.4 Å². The van der Waals surface area contributed by atoms with Crippen LogP contribution in [0.15, 0.2) is 36.4 Å². The Bertz CT molecular complexity index is 1030. The third-order valence-corrected chi connectivity index (χ3v) is 6.48. The molecular weight excluding hydrogens is 404 g/mol. The molecule has 0 spiro atoms. The average molecular weight is 427 g/mol. The number of ether oxygens (including phenoxy) is 2. The Hall–Kier alpha value is -2.96. The highest BCUT2D eigenvalue weighted by atomic mass is 19.2. The molecule has 2 atom stereocenters. The number of fused-ring (bicyclic) bond motifs is 1. The molecule has 7 heteroatoms. The Kier molecular flexibility index (Phi) is 5.12. The van der Waals surface area contributed by atoms with Gasteiger partial charge in [-0.05, 0) is 61.1 Å². The summed E-state index contributed by atoms with van der Waals surface area (Å²) >= 11 is 0. The topological polar surface area (TPSA) is 55.8 Å². The number of likely N-dealkylation sites (tertiary alicyclic amines) is 1. The van der Waals surface area contributed by atoms with Gasteiger partial charge in [0.1, 0.15) is 13.2 Å². The van der Waals surface area contributed by atoms with Crippen LogP contribution in [-0.2, 0) is 4.79 Å². The molecule has 162 valence electrons. The SMILES string of the molecule is O=C(c1ccc2c(c1)OCCO2)C1CCN(C(=O)C2CC2c2ccc(F)c(F)c2)CC1. The van der Waals surface area contributed by atoms with Crippen LogP contribution in [0.25, 0.3) is 0 Å². The smallest absolute Gasteiger partial charge is 0.226 e. The predicted molar refractivity (Wildman–Crippen MR) is 108 cm³/mol. The summed E-state index contributed by atoms with van der Waals surface area (Å²) in [5.41, 5.74) is 1.27. The van der Waals surface area contributed by atoms with Crippen molar-refractivity contribution in [1.29, 1.82) is 0 Å². The van der Waals surface area contributed by atoms with Gasteiger partial charge in [0, 0.05) is 30.5 Å². The van der Waals surface area contributed by atoms with Crippen LogP contribution in [0.5, 0.6) is 11.5 Å². The van der Waals surface area contributed by atoms with Gasteiger partial charge in [-0.25, -0.2) is 8.78 Å². The van der Waals surface area contributed by atoms with Gasteiger partial charge in [-0.2, -0.15) is 0 Å². The average Bonchev–Trinajstić information content (AvgIpc) is 3.61. The van der Waals surface area contributed by atoms with Gasteiger partial charge in [0.15, 0.2) is 28.9 Å². The van der Waals surface area contributed by atoms with Crippen molar-refractivity contribution < 1.29 is 27.8 Å². The van der Waals surface area contributed by atoms with Crippen LogP contribution < -0.4 is 9.47 Å². The molecule has 2 unspecified atom stereocenters. The Morgan fingerprint density at radius 3 is 2.39 bits per heavy atom. The van der Waals surface area contributed by atoms with E-state index in [-0.39, 0.29) is 29.4 Å². The molecule has 0 aromatic heterocycles. The number of carbonyl (C=O) groups excluding carboxylic acids is 2. The summed E-state index contributed by atoms with van der Waals surface area (Å²) < 4.78 is 37.7. The molecular formula is C24H23F2NO4. The molecule has 2 fully saturated rings. The van der Waals surface area contributed by atoms with E-state index in [2.05, 4.69) is 0 Å². The highest BCUT2D eigenvalue weighted by Gasteiger charge is 2.46. The monoisotopic (exact) mass is 427 g/mol. The lowest BCUT2D eigenvalue weighted by Crippen LogP contribution is -2.41. The molecule has 5 nitrogen and oxygen atoms in total. The first-order chi connectivity index (χ1) is 15.0. The normalized spacial score (nSPS) is 22.8. The van der Waals surface area contributed by atoms with E-state index in [0.717, 1.165) is 6.07 Å². The lowest BCUT2D eigenvalue weighted by Gasteiger charge is -2.31. The van der Waals surface area contributed by atoms with Gasteiger partial charge in [-0.3, -0.25) is 9.59 Å². The van der Waals surface area contributed by atoms with Crippen molar-refractivity contribution in [3.63, 3.8) is 0 Å². The first kappa shape index (κ1) is 20.0. The van der Waals surface area contributed by atoms with E-state index in [1.807, 2.05) is 0 Å². The number of nitrogens with zero attached hydrogens (tertiary/aromatic N) is 1. The fourth-order valence-corrected chi connectivity index (χ4v) is 4.61. The number of carbonyl (C=O) groups is 2. The van der Waals surface area contributed by atoms with E-state index in [4.69, 9.17) is 9.47 Å². The second-order valence-corrected chi connectivity index (χ2v) is 8.44. The van der Waals surface area contributed by atoms with Crippen LogP contribution in [0.4, 0.5) is 8.78 Å². The maximum Gasteiger partial charge on any atom is 0.226 e. The zero-order valence-electron chi connectivity index (χ0n) is 17.0. The van der Waals surface area contributed by atoms with Crippen molar-refractivity contribution in [2.45, 2.75) is 25.2 Å². The van der Waals surface area contributed by atoms with Crippen molar-refractivity contribution in [3.05, 3.63) is 59.2 Å². The number of rotatable bonds is 4. The second kappa shape index (κ2) is 7.94. The third kappa shape index (κ3) is 3.89. The summed E-state index contributed by atoms with van der Waals surface area (Å²) in [6.07, 6.45) is 1.88. The summed E-state index contributed by atoms with van der Waals surface area (Å²) in [5.74, 6) is -0.770. The Labute approximate surface area is 178 Å². The number of hydrogen-bond donors (Lipinski definition) is 0. The first-order valence-corrected chi connectivity index (χ1v) is 10.7.